The number of nitrogens with one attached hydrogen (secondary N) is 2. The first kappa shape index (κ1) is 19.1. The third-order valence-corrected chi connectivity index (χ3v) is 3.16. The van der Waals surface area contributed by atoms with E-state index in [0.717, 1.165) is 12.8 Å². The molecule has 0 fully saturated rings. The summed E-state index contributed by atoms with van der Waals surface area (Å²) in [6.45, 7) is 4.21. The fraction of sp³-hybridized carbons (Fsp3) is 0.471. The Labute approximate surface area is 142 Å². The van der Waals surface area contributed by atoms with E-state index in [1.54, 1.807) is 0 Å². The second kappa shape index (κ2) is 10.7. The zero-order valence-electron chi connectivity index (χ0n) is 13.6. The Hall–Kier alpha value is -1.95. The van der Waals surface area contributed by atoms with Gasteiger partial charge < -0.3 is 15.4 Å². The highest BCUT2D eigenvalue weighted by Gasteiger charge is 2.09. The summed E-state index contributed by atoms with van der Waals surface area (Å²) in [5.74, 6) is -0.652. The molecular weight excluding hydrogens is 312 g/mol. The molecule has 0 saturated carbocycles. The summed E-state index contributed by atoms with van der Waals surface area (Å²) in [7, 11) is 0. The van der Waals surface area contributed by atoms with E-state index in [2.05, 4.69) is 10.6 Å². The topological polar surface area (TPSA) is 67.4 Å². The van der Waals surface area contributed by atoms with Gasteiger partial charge in [-0.2, -0.15) is 0 Å². The average molecular weight is 336 g/mol. The van der Waals surface area contributed by atoms with Crippen LogP contribution in [0, 0.1) is 0 Å². The molecule has 126 valence electrons. The van der Waals surface area contributed by atoms with Gasteiger partial charge in [0.1, 0.15) is 0 Å². The van der Waals surface area contributed by atoms with E-state index in [-0.39, 0.29) is 35.9 Å². The van der Waals surface area contributed by atoms with E-state index in [1.807, 2.05) is 44.2 Å². The Bertz CT molecular complexity index is 518. The molecule has 0 spiro atoms. The second-order valence-corrected chi connectivity index (χ2v) is 5.89. The van der Waals surface area contributed by atoms with Crippen molar-refractivity contribution < 1.29 is 14.3 Å². The molecule has 0 aliphatic heterocycles. The lowest BCUT2D eigenvalue weighted by molar-refractivity contribution is -0.145. The minimum absolute atomic E-state index is 0.0570. The monoisotopic (exact) mass is 336 g/mol. The highest BCUT2D eigenvalue weighted by Crippen LogP contribution is 2.03. The number of amides is 1. The molecule has 6 heteroatoms. The summed E-state index contributed by atoms with van der Waals surface area (Å²) in [4.78, 5) is 23.2. The Morgan fingerprint density at radius 1 is 1.17 bits per heavy atom. The maximum absolute atomic E-state index is 11.6. The van der Waals surface area contributed by atoms with Crippen molar-refractivity contribution in [2.24, 2.45) is 0 Å². The van der Waals surface area contributed by atoms with Crippen LogP contribution in [0.4, 0.5) is 0 Å². The number of carbonyl (C=O) groups is 2. The number of benzene rings is 1. The Morgan fingerprint density at radius 3 is 2.52 bits per heavy atom. The zero-order chi connectivity index (χ0) is 17.1. The predicted octanol–water partition coefficient (Wildman–Crippen LogP) is 2.34. The molecule has 0 bridgehead atoms. The van der Waals surface area contributed by atoms with E-state index < -0.39 is 0 Å². The molecule has 0 radical (unpaired) electrons. The standard InChI is InChI=1S/C17H24N2O3S/c1-13(2)18-17(23)19-15(20)10-11-16(21)22-12-6-9-14-7-4-3-5-8-14/h3-5,7-8,13H,6,9-12H2,1-2H3,(H2,18,19,20,23). The summed E-state index contributed by atoms with van der Waals surface area (Å²) in [6, 6.07) is 10.2. The molecule has 0 saturated heterocycles. The van der Waals surface area contributed by atoms with E-state index in [0.29, 0.717) is 6.61 Å². The van der Waals surface area contributed by atoms with E-state index >= 15 is 0 Å². The number of hydrogen-bond donors (Lipinski definition) is 2. The third kappa shape index (κ3) is 9.63. The van der Waals surface area contributed by atoms with E-state index in [4.69, 9.17) is 17.0 Å². The van der Waals surface area contributed by atoms with Crippen LogP contribution in [-0.4, -0.2) is 29.6 Å². The number of esters is 1. The summed E-state index contributed by atoms with van der Waals surface area (Å²) in [6.07, 6.45) is 1.76. The summed E-state index contributed by atoms with van der Waals surface area (Å²) >= 11 is 4.96. The van der Waals surface area contributed by atoms with Crippen molar-refractivity contribution in [1.29, 1.82) is 0 Å². The van der Waals surface area contributed by atoms with Crippen molar-refractivity contribution in [3.8, 4) is 0 Å². The van der Waals surface area contributed by atoms with Gasteiger partial charge >= 0.3 is 5.97 Å². The molecule has 1 rings (SSSR count). The number of hydrogen-bond acceptors (Lipinski definition) is 4. The highest BCUT2D eigenvalue weighted by molar-refractivity contribution is 7.80. The van der Waals surface area contributed by atoms with Crippen molar-refractivity contribution >= 4 is 29.2 Å². The van der Waals surface area contributed by atoms with E-state index in [9.17, 15) is 9.59 Å². The number of aryl methyl sites for hydroxylation is 1. The van der Waals surface area contributed by atoms with Crippen LogP contribution in [0.1, 0.15) is 38.7 Å². The summed E-state index contributed by atoms with van der Waals surface area (Å²) < 4.78 is 5.12. The quantitative estimate of drug-likeness (QED) is 0.433. The van der Waals surface area contributed by atoms with Crippen molar-refractivity contribution in [3.63, 3.8) is 0 Å². The lowest BCUT2D eigenvalue weighted by Gasteiger charge is -2.11. The van der Waals surface area contributed by atoms with Gasteiger partial charge in [-0.15, -0.1) is 0 Å². The SMILES string of the molecule is CC(C)NC(=S)NC(=O)CCC(=O)OCCCc1ccccc1. The second-order valence-electron chi connectivity index (χ2n) is 5.49. The summed E-state index contributed by atoms with van der Waals surface area (Å²) in [5, 5.41) is 5.71. The van der Waals surface area contributed by atoms with Gasteiger partial charge in [0.25, 0.3) is 0 Å². The van der Waals surface area contributed by atoms with Crippen LogP contribution >= 0.6 is 12.2 Å². The molecule has 0 aliphatic rings. The normalized spacial score (nSPS) is 10.2. The first-order valence-electron chi connectivity index (χ1n) is 7.77. The van der Waals surface area contributed by atoms with Gasteiger partial charge in [-0.25, -0.2) is 0 Å². The number of ether oxygens (including phenoxy) is 1. The van der Waals surface area contributed by atoms with Gasteiger partial charge in [0.2, 0.25) is 5.91 Å². The van der Waals surface area contributed by atoms with Gasteiger partial charge in [-0.1, -0.05) is 30.3 Å². The molecule has 0 aromatic heterocycles. The van der Waals surface area contributed by atoms with E-state index in [1.165, 1.54) is 5.56 Å². The number of thiocarbonyl (C=S) groups is 1. The van der Waals surface area contributed by atoms with Crippen molar-refractivity contribution in [2.75, 3.05) is 6.61 Å². The third-order valence-electron chi connectivity index (χ3n) is 2.94. The number of rotatable bonds is 8. The van der Waals surface area contributed by atoms with Crippen LogP contribution in [0.3, 0.4) is 0 Å². The average Bonchev–Trinajstić information content (AvgIpc) is 2.49. The first-order valence-corrected chi connectivity index (χ1v) is 8.18. The maximum Gasteiger partial charge on any atom is 0.306 e. The molecule has 5 nitrogen and oxygen atoms in total. The molecule has 1 aromatic rings. The molecule has 23 heavy (non-hydrogen) atoms. The van der Waals surface area contributed by atoms with Gasteiger partial charge in [0.05, 0.1) is 13.0 Å². The van der Waals surface area contributed by atoms with Crippen LogP contribution in [-0.2, 0) is 20.7 Å². The van der Waals surface area contributed by atoms with Crippen LogP contribution in [0.15, 0.2) is 30.3 Å². The molecule has 0 unspecified atom stereocenters. The molecular formula is C17H24N2O3S. The fourth-order valence-corrected chi connectivity index (χ4v) is 2.23. The van der Waals surface area contributed by atoms with Crippen molar-refractivity contribution in [3.05, 3.63) is 35.9 Å². The first-order chi connectivity index (χ1) is 11.0. The van der Waals surface area contributed by atoms with Crippen LogP contribution in [0.5, 0.6) is 0 Å². The van der Waals surface area contributed by atoms with Crippen LogP contribution in [0.25, 0.3) is 0 Å². The molecule has 0 heterocycles. The maximum atomic E-state index is 11.6. The van der Waals surface area contributed by atoms with Gasteiger partial charge in [-0.3, -0.25) is 9.59 Å². The van der Waals surface area contributed by atoms with Crippen LogP contribution in [0.2, 0.25) is 0 Å². The summed E-state index contributed by atoms with van der Waals surface area (Å²) in [5.41, 5.74) is 1.22. The van der Waals surface area contributed by atoms with Gasteiger partial charge in [-0.05, 0) is 44.5 Å². The smallest absolute Gasteiger partial charge is 0.306 e. The minimum Gasteiger partial charge on any atom is -0.466 e. The molecule has 0 atom stereocenters. The van der Waals surface area contributed by atoms with Crippen molar-refractivity contribution in [1.82, 2.24) is 10.6 Å². The minimum atomic E-state index is -0.365. The van der Waals surface area contributed by atoms with Crippen molar-refractivity contribution in [2.45, 2.75) is 45.6 Å². The molecule has 0 aliphatic carbocycles. The Balaban J connectivity index is 2.09. The van der Waals surface area contributed by atoms with Gasteiger partial charge in [0.15, 0.2) is 5.11 Å². The van der Waals surface area contributed by atoms with Crippen LogP contribution < -0.4 is 10.6 Å². The lowest BCUT2D eigenvalue weighted by atomic mass is 10.1. The molecule has 1 aromatic carbocycles. The van der Waals surface area contributed by atoms with Gasteiger partial charge in [0, 0.05) is 12.5 Å². The largest absolute Gasteiger partial charge is 0.466 e. The molecule has 1 amide bonds. The molecule has 2 N–H and O–H groups in total. The zero-order valence-corrected chi connectivity index (χ0v) is 14.4. The fourth-order valence-electron chi connectivity index (χ4n) is 1.88. The lowest BCUT2D eigenvalue weighted by Crippen LogP contribution is -2.42. The Morgan fingerprint density at radius 2 is 1.87 bits per heavy atom. The predicted molar refractivity (Wildman–Crippen MR) is 94.0 cm³/mol. The Kier molecular flexibility index (Phi) is 8.90. The number of carbonyl (C=O) groups excluding carboxylic acids is 2. The highest BCUT2D eigenvalue weighted by atomic mass is 32.1.